The van der Waals surface area contributed by atoms with Gasteiger partial charge >= 0.3 is 0 Å². The third-order valence-corrected chi connectivity index (χ3v) is 3.92. The van der Waals surface area contributed by atoms with Gasteiger partial charge in [0.05, 0.1) is 5.52 Å². The molecule has 1 aromatic heterocycles. The fourth-order valence-corrected chi connectivity index (χ4v) is 2.58. The minimum atomic E-state index is 0.813. The van der Waals surface area contributed by atoms with Crippen LogP contribution in [-0.4, -0.2) is 11.5 Å². The lowest BCUT2D eigenvalue weighted by molar-refractivity contribution is 0.462. The lowest BCUT2D eigenvalue weighted by Crippen LogP contribution is -2.22. The molecule has 2 heteroatoms. The fraction of sp³-hybridized carbons (Fsp3) is 0.438. The second-order valence-corrected chi connectivity index (χ2v) is 5.44. The lowest BCUT2D eigenvalue weighted by Gasteiger charge is -2.12. The number of aromatic nitrogens is 1. The highest BCUT2D eigenvalue weighted by atomic mass is 14.9. The average molecular weight is 240 g/mol. The Bertz CT molecular complexity index is 526. The molecule has 1 atom stereocenters. The number of hydrogen-bond acceptors (Lipinski definition) is 2. The van der Waals surface area contributed by atoms with Crippen LogP contribution in [0.4, 0.5) is 0 Å². The van der Waals surface area contributed by atoms with Gasteiger partial charge in [0, 0.05) is 18.1 Å². The van der Waals surface area contributed by atoms with Crippen LogP contribution in [0, 0.1) is 11.8 Å². The van der Waals surface area contributed by atoms with Gasteiger partial charge in [-0.25, -0.2) is 0 Å². The predicted molar refractivity (Wildman–Crippen MR) is 75.3 cm³/mol. The normalized spacial score (nSPS) is 16.9. The van der Waals surface area contributed by atoms with Crippen molar-refractivity contribution in [3.8, 4) is 0 Å². The van der Waals surface area contributed by atoms with Gasteiger partial charge in [0.25, 0.3) is 0 Å². The second kappa shape index (κ2) is 5.07. The summed E-state index contributed by atoms with van der Waals surface area (Å²) >= 11 is 0. The van der Waals surface area contributed by atoms with Gasteiger partial charge in [-0.2, -0.15) is 0 Å². The number of pyridine rings is 1. The maximum atomic E-state index is 4.49. The number of hydrogen-bond donors (Lipinski definition) is 1. The van der Waals surface area contributed by atoms with E-state index in [1.807, 2.05) is 12.3 Å². The van der Waals surface area contributed by atoms with E-state index in [4.69, 9.17) is 0 Å². The quantitative estimate of drug-likeness (QED) is 0.866. The van der Waals surface area contributed by atoms with Crippen molar-refractivity contribution < 1.29 is 0 Å². The Labute approximate surface area is 108 Å². The summed E-state index contributed by atoms with van der Waals surface area (Å²) in [5.74, 6) is 1.79. The number of rotatable bonds is 5. The predicted octanol–water partition coefficient (Wildman–Crippen LogP) is 3.37. The zero-order valence-corrected chi connectivity index (χ0v) is 10.9. The summed E-state index contributed by atoms with van der Waals surface area (Å²) in [5.41, 5.74) is 2.43. The topological polar surface area (TPSA) is 24.9 Å². The van der Waals surface area contributed by atoms with Gasteiger partial charge in [0.2, 0.25) is 0 Å². The summed E-state index contributed by atoms with van der Waals surface area (Å²) < 4.78 is 0. The molecule has 1 aliphatic carbocycles. The largest absolute Gasteiger partial charge is 0.312 e. The first-order chi connectivity index (χ1) is 8.84. The monoisotopic (exact) mass is 240 g/mol. The number of nitrogens with one attached hydrogen (secondary N) is 1. The Balaban J connectivity index is 1.66. The molecule has 3 rings (SSSR count). The second-order valence-electron chi connectivity index (χ2n) is 5.44. The molecule has 0 radical (unpaired) electrons. The standard InChI is InChI=1S/C16H20N2/c1-12(13-7-8-13)10-17-11-15-5-2-4-14-6-3-9-18-16(14)15/h2-6,9,12-13,17H,7-8,10-11H2,1H3. The van der Waals surface area contributed by atoms with Crippen molar-refractivity contribution in [1.29, 1.82) is 0 Å². The molecule has 1 fully saturated rings. The zero-order valence-electron chi connectivity index (χ0n) is 10.9. The van der Waals surface area contributed by atoms with Gasteiger partial charge in [0.15, 0.2) is 0 Å². The number of para-hydroxylation sites is 1. The molecule has 0 spiro atoms. The molecule has 2 aromatic rings. The minimum Gasteiger partial charge on any atom is -0.312 e. The van der Waals surface area contributed by atoms with Crippen LogP contribution in [-0.2, 0) is 6.54 Å². The summed E-state index contributed by atoms with van der Waals surface area (Å²) in [6, 6.07) is 10.5. The molecular weight excluding hydrogens is 220 g/mol. The number of nitrogens with zero attached hydrogens (tertiary/aromatic N) is 1. The molecule has 1 unspecified atom stereocenters. The van der Waals surface area contributed by atoms with Crippen LogP contribution in [0.3, 0.4) is 0 Å². The Hall–Kier alpha value is -1.41. The van der Waals surface area contributed by atoms with E-state index in [0.717, 1.165) is 30.4 Å². The molecule has 0 bridgehead atoms. The first-order valence-corrected chi connectivity index (χ1v) is 6.88. The van der Waals surface area contributed by atoms with Crippen molar-refractivity contribution in [1.82, 2.24) is 10.3 Å². The van der Waals surface area contributed by atoms with Crippen LogP contribution in [0.1, 0.15) is 25.3 Å². The van der Waals surface area contributed by atoms with Crippen molar-refractivity contribution in [3.63, 3.8) is 0 Å². The van der Waals surface area contributed by atoms with Gasteiger partial charge in [-0.1, -0.05) is 31.2 Å². The van der Waals surface area contributed by atoms with Crippen molar-refractivity contribution in [2.45, 2.75) is 26.3 Å². The van der Waals surface area contributed by atoms with Gasteiger partial charge in [-0.3, -0.25) is 4.98 Å². The van der Waals surface area contributed by atoms with Crippen LogP contribution < -0.4 is 5.32 Å². The minimum absolute atomic E-state index is 0.813. The molecule has 0 amide bonds. The van der Waals surface area contributed by atoms with E-state index < -0.39 is 0 Å². The lowest BCUT2D eigenvalue weighted by atomic mass is 10.1. The Kier molecular flexibility index (Phi) is 3.28. The van der Waals surface area contributed by atoms with Crippen LogP contribution in [0.25, 0.3) is 10.9 Å². The van der Waals surface area contributed by atoms with Gasteiger partial charge in [-0.15, -0.1) is 0 Å². The van der Waals surface area contributed by atoms with Crippen molar-refractivity contribution >= 4 is 10.9 Å². The van der Waals surface area contributed by atoms with E-state index in [0.29, 0.717) is 0 Å². The fourth-order valence-electron chi connectivity index (χ4n) is 2.58. The summed E-state index contributed by atoms with van der Waals surface area (Å²) in [6.45, 7) is 4.39. The van der Waals surface area contributed by atoms with Gasteiger partial charge < -0.3 is 5.32 Å². The summed E-state index contributed by atoms with van der Waals surface area (Å²) in [6.07, 6.45) is 4.73. The highest BCUT2D eigenvalue weighted by molar-refractivity contribution is 5.81. The SMILES string of the molecule is CC(CNCc1cccc2cccnc12)C1CC1. The maximum absolute atomic E-state index is 4.49. The first kappa shape index (κ1) is 11.7. The van der Waals surface area contributed by atoms with Crippen LogP contribution >= 0.6 is 0 Å². The van der Waals surface area contributed by atoms with E-state index in [2.05, 4.69) is 41.5 Å². The highest BCUT2D eigenvalue weighted by Crippen LogP contribution is 2.36. The molecule has 1 aromatic carbocycles. The molecule has 2 nitrogen and oxygen atoms in total. The third-order valence-electron chi connectivity index (χ3n) is 3.92. The first-order valence-electron chi connectivity index (χ1n) is 6.88. The molecule has 1 N–H and O–H groups in total. The van der Waals surface area contributed by atoms with E-state index in [1.54, 1.807) is 0 Å². The van der Waals surface area contributed by atoms with E-state index >= 15 is 0 Å². The molecular formula is C16H20N2. The molecule has 1 aliphatic rings. The molecule has 1 saturated carbocycles. The van der Waals surface area contributed by atoms with E-state index in [-0.39, 0.29) is 0 Å². The van der Waals surface area contributed by atoms with Crippen molar-refractivity contribution in [2.24, 2.45) is 11.8 Å². The molecule has 94 valence electrons. The van der Waals surface area contributed by atoms with Crippen molar-refractivity contribution in [3.05, 3.63) is 42.1 Å². The maximum Gasteiger partial charge on any atom is 0.0746 e. The van der Waals surface area contributed by atoms with Gasteiger partial charge in [-0.05, 0) is 42.9 Å². The van der Waals surface area contributed by atoms with E-state index in [1.165, 1.54) is 23.8 Å². The van der Waals surface area contributed by atoms with Gasteiger partial charge in [0.1, 0.15) is 0 Å². The summed E-state index contributed by atoms with van der Waals surface area (Å²) in [5, 5.41) is 4.80. The Morgan fingerprint density at radius 3 is 2.94 bits per heavy atom. The number of fused-ring (bicyclic) bond motifs is 1. The zero-order chi connectivity index (χ0) is 12.4. The number of benzene rings is 1. The molecule has 0 saturated heterocycles. The Morgan fingerprint density at radius 2 is 2.11 bits per heavy atom. The molecule has 1 heterocycles. The van der Waals surface area contributed by atoms with Crippen LogP contribution in [0.2, 0.25) is 0 Å². The van der Waals surface area contributed by atoms with E-state index in [9.17, 15) is 0 Å². The van der Waals surface area contributed by atoms with Crippen LogP contribution in [0.15, 0.2) is 36.5 Å². The highest BCUT2D eigenvalue weighted by Gasteiger charge is 2.27. The summed E-state index contributed by atoms with van der Waals surface area (Å²) in [4.78, 5) is 4.49. The van der Waals surface area contributed by atoms with Crippen LogP contribution in [0.5, 0.6) is 0 Å². The Morgan fingerprint density at radius 1 is 1.28 bits per heavy atom. The molecule has 18 heavy (non-hydrogen) atoms. The summed E-state index contributed by atoms with van der Waals surface area (Å²) in [7, 11) is 0. The average Bonchev–Trinajstić information content (AvgIpc) is 3.23. The third kappa shape index (κ3) is 2.54. The van der Waals surface area contributed by atoms with Crippen molar-refractivity contribution in [2.75, 3.05) is 6.54 Å². The molecule has 0 aliphatic heterocycles. The smallest absolute Gasteiger partial charge is 0.0746 e.